The first-order valence-corrected chi connectivity index (χ1v) is 11.7. The molecule has 0 bridgehead atoms. The molecule has 1 heterocycles. The van der Waals surface area contributed by atoms with Crippen molar-refractivity contribution >= 4 is 17.9 Å². The molecule has 1 atom stereocenters. The molecule has 2 aromatic rings. The lowest BCUT2D eigenvalue weighted by Gasteiger charge is -2.33. The zero-order valence-electron chi connectivity index (χ0n) is 19.2. The van der Waals surface area contributed by atoms with E-state index in [0.29, 0.717) is 32.5 Å². The number of carbonyl (C=O) groups is 2. The number of rotatable bonds is 9. The number of amides is 2. The van der Waals surface area contributed by atoms with E-state index in [-0.39, 0.29) is 23.8 Å². The summed E-state index contributed by atoms with van der Waals surface area (Å²) >= 11 is 0. The van der Waals surface area contributed by atoms with Gasteiger partial charge in [0.2, 0.25) is 11.8 Å². The molecule has 2 amide bonds. The molecule has 5 nitrogen and oxygen atoms in total. The summed E-state index contributed by atoms with van der Waals surface area (Å²) in [6.45, 7) is 8.01. The highest BCUT2D eigenvalue weighted by Gasteiger charge is 2.27. The minimum Gasteiger partial charge on any atom is -0.354 e. The number of likely N-dealkylation sites (N-methyl/N-ethyl adjacent to an activating group) is 1. The second-order valence-electron chi connectivity index (χ2n) is 8.24. The van der Waals surface area contributed by atoms with Crippen LogP contribution in [0.4, 0.5) is 0 Å². The molecule has 170 valence electrons. The Morgan fingerprint density at radius 2 is 1.59 bits per heavy atom. The smallest absolute Gasteiger partial charge is 0.246 e. The second kappa shape index (κ2) is 12.2. The summed E-state index contributed by atoms with van der Waals surface area (Å²) in [4.78, 5) is 29.6. The largest absolute Gasteiger partial charge is 0.354 e. The fourth-order valence-electron chi connectivity index (χ4n) is 4.34. The van der Waals surface area contributed by atoms with Crippen LogP contribution in [-0.4, -0.2) is 54.3 Å². The molecule has 32 heavy (non-hydrogen) atoms. The molecule has 1 N–H and O–H groups in total. The van der Waals surface area contributed by atoms with Gasteiger partial charge < -0.3 is 10.2 Å². The summed E-state index contributed by atoms with van der Waals surface area (Å²) in [5, 5.41) is 3.19. The first-order valence-electron chi connectivity index (χ1n) is 11.7. The third kappa shape index (κ3) is 6.54. The number of carbonyl (C=O) groups excluding carboxylic acids is 2. The van der Waals surface area contributed by atoms with Gasteiger partial charge in [-0.15, -0.1) is 0 Å². The van der Waals surface area contributed by atoms with Gasteiger partial charge in [-0.05, 0) is 43.1 Å². The van der Waals surface area contributed by atoms with Crippen molar-refractivity contribution in [3.63, 3.8) is 0 Å². The molecular weight excluding hydrogens is 398 g/mol. The fourth-order valence-corrected chi connectivity index (χ4v) is 4.34. The van der Waals surface area contributed by atoms with Gasteiger partial charge in [-0.2, -0.15) is 0 Å². The van der Waals surface area contributed by atoms with Crippen molar-refractivity contribution in [3.8, 4) is 0 Å². The normalized spacial score (nSPS) is 15.8. The zero-order valence-corrected chi connectivity index (χ0v) is 19.2. The van der Waals surface area contributed by atoms with Crippen LogP contribution in [0.15, 0.2) is 66.7 Å². The minimum absolute atomic E-state index is 0.0124. The summed E-state index contributed by atoms with van der Waals surface area (Å²) in [7, 11) is 0. The average molecular weight is 434 g/mol. The molecule has 1 unspecified atom stereocenters. The van der Waals surface area contributed by atoms with Crippen molar-refractivity contribution in [2.45, 2.75) is 32.7 Å². The third-order valence-electron chi connectivity index (χ3n) is 6.30. The SMILES string of the molecule is CCN(CC)C(CNC(=O)C1CCN(C(=O)C=Cc2ccccc2)CC1)c1ccccc1. The van der Waals surface area contributed by atoms with E-state index >= 15 is 0 Å². The lowest BCUT2D eigenvalue weighted by molar-refractivity contribution is -0.132. The van der Waals surface area contributed by atoms with Crippen LogP contribution in [0.5, 0.6) is 0 Å². The van der Waals surface area contributed by atoms with Crippen LogP contribution in [0.2, 0.25) is 0 Å². The van der Waals surface area contributed by atoms with E-state index in [1.165, 1.54) is 5.56 Å². The van der Waals surface area contributed by atoms with E-state index < -0.39 is 0 Å². The predicted molar refractivity (Wildman–Crippen MR) is 130 cm³/mol. The quantitative estimate of drug-likeness (QED) is 0.605. The van der Waals surface area contributed by atoms with Gasteiger partial charge in [-0.25, -0.2) is 0 Å². The van der Waals surface area contributed by atoms with Crippen molar-refractivity contribution in [3.05, 3.63) is 77.9 Å². The van der Waals surface area contributed by atoms with Crippen LogP contribution in [0.25, 0.3) is 6.08 Å². The molecule has 5 heteroatoms. The number of hydrogen-bond acceptors (Lipinski definition) is 3. The van der Waals surface area contributed by atoms with Crippen LogP contribution < -0.4 is 5.32 Å². The minimum atomic E-state index is -0.0368. The molecule has 3 rings (SSSR count). The Bertz CT molecular complexity index is 870. The van der Waals surface area contributed by atoms with E-state index in [1.807, 2.05) is 59.5 Å². The molecule has 0 aromatic heterocycles. The van der Waals surface area contributed by atoms with E-state index in [0.717, 1.165) is 18.7 Å². The van der Waals surface area contributed by atoms with E-state index in [9.17, 15) is 9.59 Å². The van der Waals surface area contributed by atoms with Crippen LogP contribution in [-0.2, 0) is 9.59 Å². The number of nitrogens with zero attached hydrogens (tertiary/aromatic N) is 2. The Kier molecular flexibility index (Phi) is 9.05. The van der Waals surface area contributed by atoms with Crippen LogP contribution in [0.1, 0.15) is 43.9 Å². The lowest BCUT2D eigenvalue weighted by atomic mass is 9.95. The lowest BCUT2D eigenvalue weighted by Crippen LogP contribution is -2.44. The molecule has 0 saturated carbocycles. The van der Waals surface area contributed by atoms with Gasteiger partial charge in [0.15, 0.2) is 0 Å². The van der Waals surface area contributed by atoms with Crippen molar-refractivity contribution in [2.24, 2.45) is 5.92 Å². The maximum atomic E-state index is 12.9. The Labute approximate surface area is 192 Å². The van der Waals surface area contributed by atoms with Gasteiger partial charge in [0.05, 0.1) is 6.04 Å². The van der Waals surface area contributed by atoms with Gasteiger partial charge in [-0.1, -0.05) is 74.5 Å². The molecule has 1 fully saturated rings. The first-order chi connectivity index (χ1) is 15.6. The third-order valence-corrected chi connectivity index (χ3v) is 6.30. The number of nitrogens with one attached hydrogen (secondary N) is 1. The predicted octanol–water partition coefficient (Wildman–Crippen LogP) is 4.14. The highest BCUT2D eigenvalue weighted by molar-refractivity contribution is 5.92. The number of hydrogen-bond donors (Lipinski definition) is 1. The summed E-state index contributed by atoms with van der Waals surface area (Å²) in [6, 6.07) is 20.4. The summed E-state index contributed by atoms with van der Waals surface area (Å²) in [5.41, 5.74) is 2.23. The Morgan fingerprint density at radius 3 is 2.19 bits per heavy atom. The highest BCUT2D eigenvalue weighted by Crippen LogP contribution is 2.21. The van der Waals surface area contributed by atoms with Crippen molar-refractivity contribution in [1.82, 2.24) is 15.1 Å². The topological polar surface area (TPSA) is 52.7 Å². The van der Waals surface area contributed by atoms with Gasteiger partial charge >= 0.3 is 0 Å². The molecule has 0 spiro atoms. The Morgan fingerprint density at radius 1 is 1.00 bits per heavy atom. The van der Waals surface area contributed by atoms with Crippen LogP contribution >= 0.6 is 0 Å². The van der Waals surface area contributed by atoms with E-state index in [2.05, 4.69) is 36.2 Å². The number of benzene rings is 2. The van der Waals surface area contributed by atoms with Crippen molar-refractivity contribution < 1.29 is 9.59 Å². The summed E-state index contributed by atoms with van der Waals surface area (Å²) in [6.07, 6.45) is 4.89. The van der Waals surface area contributed by atoms with Gasteiger partial charge in [0.25, 0.3) is 0 Å². The monoisotopic (exact) mass is 433 g/mol. The van der Waals surface area contributed by atoms with Crippen LogP contribution in [0, 0.1) is 5.92 Å². The van der Waals surface area contributed by atoms with Gasteiger partial charge in [0, 0.05) is 31.6 Å². The van der Waals surface area contributed by atoms with E-state index in [1.54, 1.807) is 6.08 Å². The molecule has 0 aliphatic carbocycles. The molecule has 0 radical (unpaired) electrons. The summed E-state index contributed by atoms with van der Waals surface area (Å²) < 4.78 is 0. The number of piperidine rings is 1. The average Bonchev–Trinajstić information content (AvgIpc) is 2.86. The zero-order chi connectivity index (χ0) is 22.8. The Hall–Kier alpha value is -2.92. The van der Waals surface area contributed by atoms with Crippen molar-refractivity contribution in [1.29, 1.82) is 0 Å². The molecule has 1 saturated heterocycles. The maximum absolute atomic E-state index is 12.9. The van der Waals surface area contributed by atoms with Crippen LogP contribution in [0.3, 0.4) is 0 Å². The summed E-state index contributed by atoms with van der Waals surface area (Å²) in [5.74, 6) is 0.0775. The second-order valence-corrected chi connectivity index (χ2v) is 8.24. The fraction of sp³-hybridized carbons (Fsp3) is 0.407. The number of likely N-dealkylation sites (tertiary alicyclic amines) is 1. The highest BCUT2D eigenvalue weighted by atomic mass is 16.2. The first kappa shape index (κ1) is 23.7. The molecule has 2 aromatic carbocycles. The van der Waals surface area contributed by atoms with Gasteiger partial charge in [0.1, 0.15) is 0 Å². The molecule has 1 aliphatic heterocycles. The standard InChI is InChI=1S/C27H35N3O2/c1-3-29(4-2)25(23-13-9-6-10-14-23)21-28-27(32)24-17-19-30(20-18-24)26(31)16-15-22-11-7-5-8-12-22/h5-16,24-25H,3-4,17-21H2,1-2H3,(H,28,32). The molecule has 1 aliphatic rings. The maximum Gasteiger partial charge on any atom is 0.246 e. The van der Waals surface area contributed by atoms with E-state index in [4.69, 9.17) is 0 Å². The van der Waals surface area contributed by atoms with Crippen molar-refractivity contribution in [2.75, 3.05) is 32.7 Å². The van der Waals surface area contributed by atoms with Gasteiger partial charge in [-0.3, -0.25) is 14.5 Å². The Balaban J connectivity index is 1.50. The molecular formula is C27H35N3O2.